The van der Waals surface area contributed by atoms with E-state index in [-0.39, 0.29) is 0 Å². The third kappa shape index (κ3) is 3.04. The van der Waals surface area contributed by atoms with Gasteiger partial charge < -0.3 is 15.5 Å². The Kier molecular flexibility index (Phi) is 5.05. The molecule has 4 aromatic rings. The van der Waals surface area contributed by atoms with Gasteiger partial charge in [0.15, 0.2) is 0 Å². The minimum absolute atomic E-state index is 0.719. The van der Waals surface area contributed by atoms with Gasteiger partial charge in [-0.05, 0) is 74.5 Å². The maximum absolute atomic E-state index is 5.78. The monoisotopic (exact) mass is 373 g/mol. The van der Waals surface area contributed by atoms with Gasteiger partial charge in [-0.25, -0.2) is 0 Å². The minimum Gasteiger partial charge on any atom is -0.496 e. The molecule has 3 N–H and O–H groups in total. The molecule has 4 rings (SSSR count). The Morgan fingerprint density at radius 3 is 2.64 bits per heavy atom. The summed E-state index contributed by atoms with van der Waals surface area (Å²) in [6, 6.07) is 12.5. The van der Waals surface area contributed by atoms with E-state index in [0.717, 1.165) is 53.7 Å². The Bertz CT molecular complexity index is 1140. The first-order valence-corrected chi connectivity index (χ1v) is 9.88. The summed E-state index contributed by atoms with van der Waals surface area (Å²) in [5, 5.41) is 2.43. The number of aromatic nitrogens is 2. The SMILES string of the molecule is COc1ccc2ncccc2c1-c1[nH]c2c(C)ccc(C)c2c1CCCCN. The third-order valence-corrected chi connectivity index (χ3v) is 5.57. The van der Waals surface area contributed by atoms with Gasteiger partial charge >= 0.3 is 0 Å². The number of nitrogens with one attached hydrogen (secondary N) is 1. The lowest BCUT2D eigenvalue weighted by molar-refractivity contribution is 0.417. The zero-order valence-electron chi connectivity index (χ0n) is 16.8. The van der Waals surface area contributed by atoms with Gasteiger partial charge in [0.1, 0.15) is 5.75 Å². The Balaban J connectivity index is 2.06. The van der Waals surface area contributed by atoms with E-state index in [1.54, 1.807) is 7.11 Å². The van der Waals surface area contributed by atoms with Gasteiger partial charge in [0.05, 0.1) is 18.3 Å². The molecule has 0 unspecified atom stereocenters. The first-order valence-electron chi connectivity index (χ1n) is 9.88. The Morgan fingerprint density at radius 2 is 1.86 bits per heavy atom. The standard InChI is InChI=1S/C24H27N3O/c1-15-9-10-16(2)23-21(15)18(7-4-5-13-25)24(27-23)22-17-8-6-14-26-19(17)11-12-20(22)28-3/h6,8-12,14,27H,4-5,7,13,25H2,1-3H3. The number of methoxy groups -OCH3 is 1. The molecule has 2 aromatic carbocycles. The normalized spacial score (nSPS) is 11.4. The molecule has 4 heteroatoms. The van der Waals surface area contributed by atoms with Crippen molar-refractivity contribution in [2.75, 3.05) is 13.7 Å². The summed E-state index contributed by atoms with van der Waals surface area (Å²) in [4.78, 5) is 8.30. The molecular weight excluding hydrogens is 346 g/mol. The van der Waals surface area contributed by atoms with Crippen LogP contribution in [0.15, 0.2) is 42.6 Å². The molecule has 0 fully saturated rings. The second kappa shape index (κ2) is 7.64. The maximum Gasteiger partial charge on any atom is 0.128 e. The lowest BCUT2D eigenvalue weighted by Crippen LogP contribution is -2.00. The second-order valence-electron chi connectivity index (χ2n) is 7.39. The van der Waals surface area contributed by atoms with Crippen LogP contribution in [0.1, 0.15) is 29.5 Å². The number of hydrogen-bond donors (Lipinski definition) is 2. The van der Waals surface area contributed by atoms with Crippen LogP contribution in [0.25, 0.3) is 33.1 Å². The summed E-state index contributed by atoms with van der Waals surface area (Å²) < 4.78 is 5.78. The fraction of sp³-hybridized carbons (Fsp3) is 0.292. The zero-order chi connectivity index (χ0) is 19.7. The van der Waals surface area contributed by atoms with Gasteiger partial charge in [-0.1, -0.05) is 18.2 Å². The molecule has 0 aliphatic heterocycles. The smallest absolute Gasteiger partial charge is 0.128 e. The number of ether oxygens (including phenoxy) is 1. The first-order chi connectivity index (χ1) is 13.7. The van der Waals surface area contributed by atoms with Crippen LogP contribution >= 0.6 is 0 Å². The molecule has 0 aliphatic rings. The number of aryl methyl sites for hydroxylation is 3. The molecule has 0 bridgehead atoms. The Labute approximate surface area is 165 Å². The molecule has 2 heterocycles. The highest BCUT2D eigenvalue weighted by Gasteiger charge is 2.20. The quantitative estimate of drug-likeness (QED) is 0.451. The molecule has 0 saturated carbocycles. The van der Waals surface area contributed by atoms with E-state index in [9.17, 15) is 0 Å². The Hall–Kier alpha value is -2.85. The number of H-pyrrole nitrogens is 1. The first kappa shape index (κ1) is 18.5. The average Bonchev–Trinajstić information content (AvgIpc) is 3.10. The van der Waals surface area contributed by atoms with Crippen LogP contribution in [0, 0.1) is 13.8 Å². The summed E-state index contributed by atoms with van der Waals surface area (Å²) in [5.74, 6) is 0.863. The van der Waals surface area contributed by atoms with Crippen molar-refractivity contribution in [3.05, 3.63) is 59.3 Å². The van der Waals surface area contributed by atoms with Crippen LogP contribution in [0.5, 0.6) is 5.75 Å². The van der Waals surface area contributed by atoms with Gasteiger partial charge in [-0.2, -0.15) is 0 Å². The van der Waals surface area contributed by atoms with E-state index in [0.29, 0.717) is 0 Å². The molecule has 0 radical (unpaired) electrons. The summed E-state index contributed by atoms with van der Waals surface area (Å²) in [5.41, 5.74) is 14.1. The number of rotatable bonds is 6. The highest BCUT2D eigenvalue weighted by molar-refractivity contribution is 6.03. The highest BCUT2D eigenvalue weighted by atomic mass is 16.5. The molecule has 0 amide bonds. The molecule has 0 spiro atoms. The summed E-state index contributed by atoms with van der Waals surface area (Å²) >= 11 is 0. The number of aromatic amines is 1. The third-order valence-electron chi connectivity index (χ3n) is 5.57. The van der Waals surface area contributed by atoms with Gasteiger partial charge in [-0.3, -0.25) is 4.98 Å². The number of pyridine rings is 1. The van der Waals surface area contributed by atoms with Crippen molar-refractivity contribution in [1.29, 1.82) is 0 Å². The van der Waals surface area contributed by atoms with Crippen LogP contribution in [0.4, 0.5) is 0 Å². The van der Waals surface area contributed by atoms with E-state index >= 15 is 0 Å². The van der Waals surface area contributed by atoms with Crippen LogP contribution in [-0.4, -0.2) is 23.6 Å². The molecule has 0 aliphatic carbocycles. The predicted octanol–water partition coefficient (Wildman–Crippen LogP) is 5.29. The number of benzene rings is 2. The van der Waals surface area contributed by atoms with Crippen LogP contribution in [-0.2, 0) is 6.42 Å². The molecular formula is C24H27N3O. The molecule has 2 aromatic heterocycles. The fourth-order valence-corrected chi connectivity index (χ4v) is 4.16. The second-order valence-corrected chi connectivity index (χ2v) is 7.39. The topological polar surface area (TPSA) is 63.9 Å². The molecule has 4 nitrogen and oxygen atoms in total. The van der Waals surface area contributed by atoms with Crippen molar-refractivity contribution in [3.8, 4) is 17.0 Å². The summed E-state index contributed by atoms with van der Waals surface area (Å²) in [7, 11) is 1.73. The van der Waals surface area contributed by atoms with Gasteiger partial charge in [-0.15, -0.1) is 0 Å². The molecule has 144 valence electrons. The maximum atomic E-state index is 5.78. The van der Waals surface area contributed by atoms with Crippen LogP contribution in [0.3, 0.4) is 0 Å². The van der Waals surface area contributed by atoms with Crippen molar-refractivity contribution in [3.63, 3.8) is 0 Å². The number of fused-ring (bicyclic) bond motifs is 2. The zero-order valence-corrected chi connectivity index (χ0v) is 16.8. The number of nitrogens with zero attached hydrogens (tertiary/aromatic N) is 1. The number of unbranched alkanes of at least 4 members (excludes halogenated alkanes) is 1. The summed E-state index contributed by atoms with van der Waals surface area (Å²) in [6.07, 6.45) is 4.90. The predicted molar refractivity (Wildman–Crippen MR) is 117 cm³/mol. The van der Waals surface area contributed by atoms with E-state index in [1.165, 1.54) is 27.6 Å². The minimum atomic E-state index is 0.719. The summed E-state index contributed by atoms with van der Waals surface area (Å²) in [6.45, 7) is 5.07. The number of hydrogen-bond acceptors (Lipinski definition) is 3. The molecule has 28 heavy (non-hydrogen) atoms. The lowest BCUT2D eigenvalue weighted by Gasteiger charge is -2.13. The van der Waals surface area contributed by atoms with Crippen molar-refractivity contribution >= 4 is 21.8 Å². The van der Waals surface area contributed by atoms with E-state index in [4.69, 9.17) is 10.5 Å². The van der Waals surface area contributed by atoms with Crippen molar-refractivity contribution in [2.45, 2.75) is 33.1 Å². The van der Waals surface area contributed by atoms with Crippen molar-refractivity contribution < 1.29 is 4.74 Å². The van der Waals surface area contributed by atoms with Crippen LogP contribution < -0.4 is 10.5 Å². The average molecular weight is 374 g/mol. The van der Waals surface area contributed by atoms with Crippen LogP contribution in [0.2, 0.25) is 0 Å². The van der Waals surface area contributed by atoms with E-state index in [1.807, 2.05) is 24.4 Å². The van der Waals surface area contributed by atoms with Crippen molar-refractivity contribution in [1.82, 2.24) is 9.97 Å². The van der Waals surface area contributed by atoms with Gasteiger partial charge in [0.25, 0.3) is 0 Å². The highest BCUT2D eigenvalue weighted by Crippen LogP contribution is 2.42. The van der Waals surface area contributed by atoms with Crippen molar-refractivity contribution in [2.24, 2.45) is 5.73 Å². The molecule has 0 saturated heterocycles. The number of nitrogens with two attached hydrogens (primary N) is 1. The lowest BCUT2D eigenvalue weighted by atomic mass is 9.95. The van der Waals surface area contributed by atoms with Gasteiger partial charge in [0.2, 0.25) is 0 Å². The Morgan fingerprint density at radius 1 is 1.04 bits per heavy atom. The van der Waals surface area contributed by atoms with Gasteiger partial charge in [0, 0.05) is 28.0 Å². The molecule has 0 atom stereocenters. The largest absolute Gasteiger partial charge is 0.496 e. The van der Waals surface area contributed by atoms with E-state index < -0.39 is 0 Å². The fourth-order valence-electron chi connectivity index (χ4n) is 4.16. The van der Waals surface area contributed by atoms with E-state index in [2.05, 4.69) is 42.0 Å².